The van der Waals surface area contributed by atoms with Crippen molar-refractivity contribution >= 4 is 23.8 Å². The predicted octanol–water partition coefficient (Wildman–Crippen LogP) is 3.18. The van der Waals surface area contributed by atoms with Gasteiger partial charge in [-0.05, 0) is 42.8 Å². The zero-order valence-corrected chi connectivity index (χ0v) is 15.2. The van der Waals surface area contributed by atoms with Crippen molar-refractivity contribution < 1.29 is 0 Å². The molecule has 128 valence electrons. The molecule has 1 aromatic carbocycles. The van der Waals surface area contributed by atoms with Gasteiger partial charge in [0.25, 0.3) is 0 Å². The van der Waals surface area contributed by atoms with E-state index < -0.39 is 0 Å². The zero-order chi connectivity index (χ0) is 16.5. The van der Waals surface area contributed by atoms with Crippen LogP contribution in [0.25, 0.3) is 0 Å². The van der Waals surface area contributed by atoms with Crippen molar-refractivity contribution in [2.75, 3.05) is 26.2 Å². The van der Waals surface area contributed by atoms with Gasteiger partial charge in [0.05, 0.1) is 6.67 Å². The highest BCUT2D eigenvalue weighted by molar-refractivity contribution is 7.71. The topological polar surface area (TPSA) is 29.2 Å². The Hall–Kier alpha value is -1.21. The molecule has 5 nitrogen and oxygen atoms in total. The average molecular weight is 364 g/mol. The van der Waals surface area contributed by atoms with E-state index in [2.05, 4.69) is 31.6 Å². The number of halogens is 1. The maximum absolute atomic E-state index is 5.95. The van der Waals surface area contributed by atoms with Crippen molar-refractivity contribution in [3.8, 4) is 0 Å². The molecule has 0 radical (unpaired) electrons. The van der Waals surface area contributed by atoms with E-state index in [1.54, 1.807) is 0 Å². The summed E-state index contributed by atoms with van der Waals surface area (Å²) in [5.41, 5.74) is 1.32. The molecule has 2 heterocycles. The van der Waals surface area contributed by atoms with E-state index in [4.69, 9.17) is 23.8 Å². The fraction of sp³-hybridized carbons (Fsp3) is 0.529. The van der Waals surface area contributed by atoms with E-state index >= 15 is 0 Å². The molecule has 0 N–H and O–H groups in total. The zero-order valence-electron chi connectivity index (χ0n) is 13.6. The first-order chi connectivity index (χ1) is 11.7. The van der Waals surface area contributed by atoms with E-state index in [0.29, 0.717) is 6.04 Å². The molecule has 2 aliphatic rings. The third-order valence-electron chi connectivity index (χ3n) is 4.82. The number of nitrogens with zero attached hydrogens (tertiary/aromatic N) is 5. The maximum Gasteiger partial charge on any atom is 0.199 e. The number of aromatic nitrogens is 3. The van der Waals surface area contributed by atoms with Crippen LogP contribution in [0.4, 0.5) is 0 Å². The normalized spacial score (nSPS) is 19.7. The summed E-state index contributed by atoms with van der Waals surface area (Å²) in [6.07, 6.45) is 4.38. The second kappa shape index (κ2) is 6.96. The summed E-state index contributed by atoms with van der Waals surface area (Å²) in [5.74, 6) is 0. The second-order valence-corrected chi connectivity index (χ2v) is 7.52. The molecule has 1 saturated carbocycles. The second-order valence-electron chi connectivity index (χ2n) is 6.71. The molecule has 0 bridgehead atoms. The van der Waals surface area contributed by atoms with Crippen LogP contribution in [0.3, 0.4) is 0 Å². The summed E-state index contributed by atoms with van der Waals surface area (Å²) >= 11 is 11.5. The van der Waals surface area contributed by atoms with Crippen LogP contribution in [0.5, 0.6) is 0 Å². The largest absolute Gasteiger partial charge is 0.303 e. The first-order valence-corrected chi connectivity index (χ1v) is 9.31. The van der Waals surface area contributed by atoms with Gasteiger partial charge in [-0.25, -0.2) is 4.68 Å². The minimum Gasteiger partial charge on any atom is -0.303 e. The summed E-state index contributed by atoms with van der Waals surface area (Å²) in [6.45, 7) is 6.02. The van der Waals surface area contributed by atoms with Crippen molar-refractivity contribution in [2.45, 2.75) is 32.1 Å². The smallest absolute Gasteiger partial charge is 0.199 e. The summed E-state index contributed by atoms with van der Waals surface area (Å²) in [6, 6.07) is 8.75. The summed E-state index contributed by atoms with van der Waals surface area (Å²) in [7, 11) is 0. The fourth-order valence-electron chi connectivity index (χ4n) is 3.18. The number of hydrogen-bond acceptors (Lipinski definition) is 4. The Balaban J connectivity index is 1.30. The van der Waals surface area contributed by atoms with Gasteiger partial charge in [0, 0.05) is 43.8 Å². The van der Waals surface area contributed by atoms with Crippen LogP contribution in [-0.4, -0.2) is 50.3 Å². The van der Waals surface area contributed by atoms with Crippen LogP contribution >= 0.6 is 23.8 Å². The first kappa shape index (κ1) is 16.3. The molecule has 0 unspecified atom stereocenters. The van der Waals surface area contributed by atoms with Crippen LogP contribution in [0, 0.1) is 4.77 Å². The Labute approximate surface area is 152 Å². The third-order valence-corrected chi connectivity index (χ3v) is 5.49. The molecule has 1 saturated heterocycles. The number of benzene rings is 1. The lowest BCUT2D eigenvalue weighted by atomic mass is 10.2. The van der Waals surface area contributed by atoms with Gasteiger partial charge in [-0.15, -0.1) is 0 Å². The molecular weight excluding hydrogens is 342 g/mol. The van der Waals surface area contributed by atoms with Crippen LogP contribution < -0.4 is 0 Å². The van der Waals surface area contributed by atoms with Crippen molar-refractivity contribution in [1.29, 1.82) is 0 Å². The molecule has 0 spiro atoms. The minimum absolute atomic E-state index is 0.600. The highest BCUT2D eigenvalue weighted by atomic mass is 35.5. The highest BCUT2D eigenvalue weighted by Crippen LogP contribution is 2.34. The first-order valence-electron chi connectivity index (χ1n) is 8.52. The standard InChI is InChI=1S/C17H22ClN5S/c18-15-3-1-14(2-4-15)11-20-7-9-21(10-8-20)13-23-17(24)22(12-19-23)16-5-6-16/h1-4,12,16H,5-11,13H2. The highest BCUT2D eigenvalue weighted by Gasteiger charge is 2.25. The van der Waals surface area contributed by atoms with E-state index in [-0.39, 0.29) is 0 Å². The van der Waals surface area contributed by atoms with Crippen molar-refractivity contribution in [3.63, 3.8) is 0 Å². The lowest BCUT2D eigenvalue weighted by Crippen LogP contribution is -2.46. The minimum atomic E-state index is 0.600. The Bertz CT molecular complexity index is 741. The van der Waals surface area contributed by atoms with Gasteiger partial charge in [-0.3, -0.25) is 9.80 Å². The molecule has 0 atom stereocenters. The lowest BCUT2D eigenvalue weighted by Gasteiger charge is -2.34. The van der Waals surface area contributed by atoms with Gasteiger partial charge in [-0.1, -0.05) is 23.7 Å². The SMILES string of the molecule is S=c1n(C2CC2)cnn1CN1CCN(Cc2ccc(Cl)cc2)CC1. The number of hydrogen-bond donors (Lipinski definition) is 0. The Morgan fingerprint density at radius 3 is 2.38 bits per heavy atom. The number of piperazine rings is 1. The van der Waals surface area contributed by atoms with E-state index in [1.807, 2.05) is 23.1 Å². The van der Waals surface area contributed by atoms with Gasteiger partial charge in [0.1, 0.15) is 6.33 Å². The van der Waals surface area contributed by atoms with Gasteiger partial charge < -0.3 is 4.57 Å². The van der Waals surface area contributed by atoms with E-state index in [0.717, 1.165) is 49.2 Å². The van der Waals surface area contributed by atoms with Gasteiger partial charge >= 0.3 is 0 Å². The Morgan fingerprint density at radius 2 is 1.71 bits per heavy atom. The van der Waals surface area contributed by atoms with Gasteiger partial charge in [0.2, 0.25) is 0 Å². The Kier molecular flexibility index (Phi) is 4.72. The maximum atomic E-state index is 5.95. The third kappa shape index (κ3) is 3.72. The molecule has 4 rings (SSSR count). The quantitative estimate of drug-likeness (QED) is 0.763. The average Bonchev–Trinajstić information content (AvgIpc) is 3.37. The van der Waals surface area contributed by atoms with Crippen LogP contribution in [-0.2, 0) is 13.2 Å². The van der Waals surface area contributed by atoms with Crippen LogP contribution in [0.2, 0.25) is 5.02 Å². The van der Waals surface area contributed by atoms with Crippen LogP contribution in [0.1, 0.15) is 24.4 Å². The molecule has 0 amide bonds. The predicted molar refractivity (Wildman–Crippen MR) is 97.6 cm³/mol. The summed E-state index contributed by atoms with van der Waals surface area (Å²) < 4.78 is 4.97. The van der Waals surface area contributed by atoms with Crippen molar-refractivity contribution in [3.05, 3.63) is 45.9 Å². The lowest BCUT2D eigenvalue weighted by molar-refractivity contribution is 0.0980. The molecule has 1 aliphatic carbocycles. The van der Waals surface area contributed by atoms with Crippen LogP contribution in [0.15, 0.2) is 30.6 Å². The van der Waals surface area contributed by atoms with Gasteiger partial charge in [-0.2, -0.15) is 5.10 Å². The van der Waals surface area contributed by atoms with E-state index in [1.165, 1.54) is 18.4 Å². The summed E-state index contributed by atoms with van der Waals surface area (Å²) in [4.78, 5) is 4.92. The molecular formula is C17H22ClN5S. The molecule has 2 aromatic rings. The molecule has 7 heteroatoms. The monoisotopic (exact) mass is 363 g/mol. The van der Waals surface area contributed by atoms with Crippen molar-refractivity contribution in [2.24, 2.45) is 0 Å². The molecule has 1 aromatic heterocycles. The molecule has 2 fully saturated rings. The summed E-state index contributed by atoms with van der Waals surface area (Å²) in [5, 5.41) is 5.27. The number of rotatable bonds is 5. The molecule has 1 aliphatic heterocycles. The fourth-order valence-corrected chi connectivity index (χ4v) is 3.60. The van der Waals surface area contributed by atoms with Crippen molar-refractivity contribution in [1.82, 2.24) is 24.1 Å². The van der Waals surface area contributed by atoms with Gasteiger partial charge in [0.15, 0.2) is 4.77 Å². The van der Waals surface area contributed by atoms with E-state index in [9.17, 15) is 0 Å². The molecule has 24 heavy (non-hydrogen) atoms. The Morgan fingerprint density at radius 1 is 1.04 bits per heavy atom.